The molecular weight excluding hydrogens is 498 g/mol. The first-order chi connectivity index (χ1) is 16.9. The number of benzene rings is 2. The Kier molecular flexibility index (Phi) is 29.3. The van der Waals surface area contributed by atoms with Gasteiger partial charge in [-0.25, -0.2) is 0 Å². The third kappa shape index (κ3) is 26.7. The highest BCUT2D eigenvalue weighted by molar-refractivity contribution is 5.25. The molecule has 0 fully saturated rings. The number of nitrogens with two attached hydrogens (primary N) is 2. The van der Waals surface area contributed by atoms with Crippen molar-refractivity contribution < 1.29 is 36.6 Å². The van der Waals surface area contributed by atoms with Gasteiger partial charge in [0.1, 0.15) is 0 Å². The lowest BCUT2D eigenvalue weighted by atomic mass is 10.1. The lowest BCUT2D eigenvalue weighted by molar-refractivity contribution is -0.245. The van der Waals surface area contributed by atoms with Gasteiger partial charge in [-0.2, -0.15) is 26.3 Å². The molecule has 37 heavy (non-hydrogen) atoms. The SMILES string of the molecule is CC.CC.CC(C)(O)C(F)(F)F.CC(C)(O)C(F)(F)F.CN.CN.c1ccc(Cc2ccccc2)cc1. The number of alkyl halides is 6. The molecular formula is C27H48F6N2O2. The maximum Gasteiger partial charge on any atom is 0.416 e. The van der Waals surface area contributed by atoms with Crippen LogP contribution in [0.4, 0.5) is 26.3 Å². The highest BCUT2D eigenvalue weighted by atomic mass is 19.4. The average Bonchev–Trinajstić information content (AvgIpc) is 2.84. The van der Waals surface area contributed by atoms with Crippen LogP contribution >= 0.6 is 0 Å². The van der Waals surface area contributed by atoms with Crippen LogP contribution in [0.1, 0.15) is 66.5 Å². The molecule has 0 aromatic heterocycles. The van der Waals surface area contributed by atoms with Crippen molar-refractivity contribution in [2.45, 2.75) is 85.4 Å². The van der Waals surface area contributed by atoms with Crippen LogP contribution in [0.25, 0.3) is 0 Å². The Labute approximate surface area is 219 Å². The van der Waals surface area contributed by atoms with Crippen LogP contribution in [0.15, 0.2) is 60.7 Å². The first-order valence-corrected chi connectivity index (χ1v) is 11.8. The van der Waals surface area contributed by atoms with Crippen molar-refractivity contribution in [1.82, 2.24) is 0 Å². The van der Waals surface area contributed by atoms with E-state index in [2.05, 4.69) is 72.1 Å². The van der Waals surface area contributed by atoms with Crippen LogP contribution in [0.2, 0.25) is 0 Å². The number of hydrogen-bond donors (Lipinski definition) is 4. The molecule has 0 saturated heterocycles. The Morgan fingerprint density at radius 2 is 0.676 bits per heavy atom. The minimum absolute atomic E-state index is 0.701. The predicted molar refractivity (Wildman–Crippen MR) is 143 cm³/mol. The molecule has 220 valence electrons. The molecule has 0 spiro atoms. The van der Waals surface area contributed by atoms with Gasteiger partial charge in [0, 0.05) is 0 Å². The monoisotopic (exact) mass is 546 g/mol. The highest BCUT2D eigenvalue weighted by Gasteiger charge is 2.46. The molecule has 2 rings (SSSR count). The second-order valence-corrected chi connectivity index (χ2v) is 7.26. The van der Waals surface area contributed by atoms with Gasteiger partial charge in [-0.15, -0.1) is 0 Å². The molecule has 10 heteroatoms. The highest BCUT2D eigenvalue weighted by Crippen LogP contribution is 2.29. The fourth-order valence-corrected chi connectivity index (χ4v) is 1.43. The molecule has 0 aliphatic carbocycles. The summed E-state index contributed by atoms with van der Waals surface area (Å²) in [5.41, 5.74) is 6.61. The van der Waals surface area contributed by atoms with Crippen LogP contribution < -0.4 is 11.5 Å². The van der Waals surface area contributed by atoms with Gasteiger partial charge in [-0.3, -0.25) is 0 Å². The van der Waals surface area contributed by atoms with Crippen LogP contribution in [0.5, 0.6) is 0 Å². The molecule has 0 radical (unpaired) electrons. The first-order valence-electron chi connectivity index (χ1n) is 11.8. The molecule has 0 saturated carbocycles. The third-order valence-corrected chi connectivity index (χ3v) is 3.48. The van der Waals surface area contributed by atoms with E-state index in [1.165, 1.54) is 25.2 Å². The van der Waals surface area contributed by atoms with E-state index < -0.39 is 23.6 Å². The summed E-state index contributed by atoms with van der Waals surface area (Å²) in [6.45, 7) is 10.8. The first kappa shape index (κ1) is 44.8. The molecule has 0 aliphatic heterocycles. The second-order valence-electron chi connectivity index (χ2n) is 7.26. The quantitative estimate of drug-likeness (QED) is 0.302. The number of hydrogen-bond acceptors (Lipinski definition) is 4. The van der Waals surface area contributed by atoms with Crippen molar-refractivity contribution in [3.63, 3.8) is 0 Å². The van der Waals surface area contributed by atoms with E-state index >= 15 is 0 Å². The molecule has 0 bridgehead atoms. The Hall–Kier alpha value is -2.14. The van der Waals surface area contributed by atoms with Gasteiger partial charge in [-0.1, -0.05) is 88.4 Å². The van der Waals surface area contributed by atoms with E-state index in [-0.39, 0.29) is 0 Å². The summed E-state index contributed by atoms with van der Waals surface area (Å²) >= 11 is 0. The van der Waals surface area contributed by atoms with E-state index in [1.807, 2.05) is 27.7 Å². The van der Waals surface area contributed by atoms with Crippen molar-refractivity contribution in [3.8, 4) is 0 Å². The van der Waals surface area contributed by atoms with Gasteiger partial charge in [-0.05, 0) is 59.3 Å². The molecule has 0 amide bonds. The van der Waals surface area contributed by atoms with E-state index in [4.69, 9.17) is 10.2 Å². The van der Waals surface area contributed by atoms with Crippen molar-refractivity contribution in [1.29, 1.82) is 0 Å². The second kappa shape index (κ2) is 24.2. The summed E-state index contributed by atoms with van der Waals surface area (Å²) in [6.07, 6.45) is -7.98. The van der Waals surface area contributed by atoms with Gasteiger partial charge < -0.3 is 21.7 Å². The Balaban J connectivity index is -0.000000126. The summed E-state index contributed by atoms with van der Waals surface area (Å²) in [7, 11) is 3.00. The molecule has 0 heterocycles. The molecule has 6 N–H and O–H groups in total. The molecule has 0 atom stereocenters. The minimum atomic E-state index is -4.51. The predicted octanol–water partition coefficient (Wildman–Crippen LogP) is 7.12. The van der Waals surface area contributed by atoms with Gasteiger partial charge in [0.15, 0.2) is 11.2 Å². The van der Waals surface area contributed by atoms with E-state index in [0.717, 1.165) is 6.42 Å². The van der Waals surface area contributed by atoms with Crippen LogP contribution in [-0.2, 0) is 6.42 Å². The summed E-state index contributed by atoms with van der Waals surface area (Å²) in [5.74, 6) is 0. The fourth-order valence-electron chi connectivity index (χ4n) is 1.43. The maximum absolute atomic E-state index is 11.3. The third-order valence-electron chi connectivity index (χ3n) is 3.48. The van der Waals surface area contributed by atoms with E-state index in [1.54, 1.807) is 0 Å². The van der Waals surface area contributed by atoms with Crippen molar-refractivity contribution in [3.05, 3.63) is 71.8 Å². The van der Waals surface area contributed by atoms with Gasteiger partial charge in [0.25, 0.3) is 0 Å². The van der Waals surface area contributed by atoms with Crippen LogP contribution in [0.3, 0.4) is 0 Å². The number of aliphatic hydroxyl groups is 2. The van der Waals surface area contributed by atoms with Gasteiger partial charge in [0.2, 0.25) is 0 Å². The van der Waals surface area contributed by atoms with E-state index in [9.17, 15) is 26.3 Å². The number of rotatable bonds is 2. The zero-order valence-corrected chi connectivity index (χ0v) is 23.8. The summed E-state index contributed by atoms with van der Waals surface area (Å²) in [5, 5.41) is 16.5. The topological polar surface area (TPSA) is 92.5 Å². The van der Waals surface area contributed by atoms with Crippen LogP contribution in [0, 0.1) is 0 Å². The summed E-state index contributed by atoms with van der Waals surface area (Å²) < 4.78 is 67.9. The standard InChI is InChI=1S/C13H12.2C4H7F3O.2C2H6.2CH5N/c1-3-7-12(8-4-1)11-13-9-5-2-6-10-13;2*1-3(2,8)4(5,6)7;4*1-2/h1-10H,11H2;2*8H,1-2H3;2*1-2H3;2*2H2,1H3. The van der Waals surface area contributed by atoms with Crippen LogP contribution in [-0.4, -0.2) is 47.9 Å². The normalized spacial score (nSPS) is 10.3. The molecule has 2 aromatic rings. The Morgan fingerprint density at radius 3 is 0.811 bits per heavy atom. The van der Waals surface area contributed by atoms with Crippen molar-refractivity contribution in [2.75, 3.05) is 14.1 Å². The largest absolute Gasteiger partial charge is 0.416 e. The lowest BCUT2D eigenvalue weighted by Gasteiger charge is -2.20. The van der Waals surface area contributed by atoms with E-state index in [0.29, 0.717) is 27.7 Å². The average molecular weight is 547 g/mol. The molecule has 2 aromatic carbocycles. The minimum Gasteiger partial charge on any atom is -0.381 e. The van der Waals surface area contributed by atoms with Crippen molar-refractivity contribution in [2.24, 2.45) is 11.5 Å². The zero-order valence-electron chi connectivity index (χ0n) is 23.8. The molecule has 0 unspecified atom stereocenters. The molecule has 0 aliphatic rings. The fraction of sp³-hybridized carbons (Fsp3) is 0.556. The summed E-state index contributed by atoms with van der Waals surface area (Å²) in [4.78, 5) is 0. The number of halogens is 6. The smallest absolute Gasteiger partial charge is 0.381 e. The summed E-state index contributed by atoms with van der Waals surface area (Å²) in [6, 6.07) is 21.1. The Bertz CT molecular complexity index is 610. The van der Waals surface area contributed by atoms with Gasteiger partial charge >= 0.3 is 12.4 Å². The lowest BCUT2D eigenvalue weighted by Crippen LogP contribution is -2.38. The maximum atomic E-state index is 11.3. The zero-order chi connectivity index (χ0) is 30.9. The molecule has 4 nitrogen and oxygen atoms in total. The Morgan fingerprint density at radius 1 is 0.514 bits per heavy atom. The van der Waals surface area contributed by atoms with Crippen molar-refractivity contribution >= 4 is 0 Å². The van der Waals surface area contributed by atoms with Gasteiger partial charge in [0.05, 0.1) is 0 Å².